The van der Waals surface area contributed by atoms with E-state index in [-0.39, 0.29) is 17.4 Å². The maximum atomic E-state index is 12.4. The van der Waals surface area contributed by atoms with Gasteiger partial charge < -0.3 is 14.8 Å². The van der Waals surface area contributed by atoms with Crippen LogP contribution in [0.3, 0.4) is 0 Å². The van der Waals surface area contributed by atoms with Gasteiger partial charge in [-0.25, -0.2) is 0 Å². The first-order valence-corrected chi connectivity index (χ1v) is 7.95. The summed E-state index contributed by atoms with van der Waals surface area (Å²) >= 11 is 5.83. The Bertz CT molecular complexity index is 788. The highest BCUT2D eigenvalue weighted by molar-refractivity contribution is 6.30. The molecule has 24 heavy (non-hydrogen) atoms. The van der Waals surface area contributed by atoms with Gasteiger partial charge in [0.25, 0.3) is 11.8 Å². The number of aromatic amines is 1. The van der Waals surface area contributed by atoms with Gasteiger partial charge in [-0.05, 0) is 30.3 Å². The Labute approximate surface area is 143 Å². The van der Waals surface area contributed by atoms with E-state index >= 15 is 0 Å². The number of aromatic nitrogens is 1. The summed E-state index contributed by atoms with van der Waals surface area (Å²) in [5.41, 5.74) is 0.775. The maximum Gasteiger partial charge on any atom is 0.255 e. The molecule has 0 atom stereocenters. The van der Waals surface area contributed by atoms with E-state index in [0.29, 0.717) is 42.3 Å². The SMILES string of the molecule is O=C(c1ccc(Cl)cc1)N1CCN(C(=O)c2ccc(=O)[nH]c2)CC1. The molecule has 6 nitrogen and oxygen atoms in total. The average Bonchev–Trinajstić information content (AvgIpc) is 2.62. The van der Waals surface area contributed by atoms with E-state index < -0.39 is 0 Å². The Morgan fingerprint density at radius 1 is 0.833 bits per heavy atom. The molecule has 1 aromatic heterocycles. The fourth-order valence-electron chi connectivity index (χ4n) is 2.61. The second-order valence-corrected chi connectivity index (χ2v) is 5.97. The highest BCUT2D eigenvalue weighted by Crippen LogP contribution is 2.14. The van der Waals surface area contributed by atoms with Gasteiger partial charge in [0, 0.05) is 49.0 Å². The first-order valence-electron chi connectivity index (χ1n) is 7.57. The Hall–Kier alpha value is -2.60. The number of H-pyrrole nitrogens is 1. The molecule has 1 saturated heterocycles. The number of benzene rings is 1. The third-order valence-electron chi connectivity index (χ3n) is 3.98. The first-order chi connectivity index (χ1) is 11.5. The molecule has 2 aromatic rings. The van der Waals surface area contributed by atoms with Crippen molar-refractivity contribution in [3.63, 3.8) is 0 Å². The monoisotopic (exact) mass is 345 g/mol. The van der Waals surface area contributed by atoms with Gasteiger partial charge in [-0.1, -0.05) is 11.6 Å². The van der Waals surface area contributed by atoms with Crippen molar-refractivity contribution in [1.82, 2.24) is 14.8 Å². The highest BCUT2D eigenvalue weighted by atomic mass is 35.5. The number of piperazine rings is 1. The van der Waals surface area contributed by atoms with E-state index in [9.17, 15) is 14.4 Å². The Balaban J connectivity index is 1.62. The molecule has 0 unspecified atom stereocenters. The molecule has 1 N–H and O–H groups in total. The van der Waals surface area contributed by atoms with Crippen LogP contribution in [-0.4, -0.2) is 52.8 Å². The number of hydrogen-bond donors (Lipinski definition) is 1. The van der Waals surface area contributed by atoms with Crippen molar-refractivity contribution in [1.29, 1.82) is 0 Å². The summed E-state index contributed by atoms with van der Waals surface area (Å²) < 4.78 is 0. The van der Waals surface area contributed by atoms with Crippen LogP contribution in [0.25, 0.3) is 0 Å². The van der Waals surface area contributed by atoms with Crippen LogP contribution < -0.4 is 5.56 Å². The van der Waals surface area contributed by atoms with Crippen molar-refractivity contribution in [2.24, 2.45) is 0 Å². The largest absolute Gasteiger partial charge is 0.335 e. The number of pyridine rings is 1. The predicted molar refractivity (Wildman–Crippen MR) is 90.3 cm³/mol. The number of nitrogens with zero attached hydrogens (tertiary/aromatic N) is 2. The zero-order valence-corrected chi connectivity index (χ0v) is 13.6. The van der Waals surface area contributed by atoms with Gasteiger partial charge in [0.05, 0.1) is 5.56 Å². The van der Waals surface area contributed by atoms with Crippen molar-refractivity contribution in [2.75, 3.05) is 26.2 Å². The van der Waals surface area contributed by atoms with Crippen LogP contribution in [0.4, 0.5) is 0 Å². The summed E-state index contributed by atoms with van der Waals surface area (Å²) in [5, 5.41) is 0.586. The number of nitrogens with one attached hydrogen (secondary N) is 1. The third kappa shape index (κ3) is 3.49. The zero-order valence-electron chi connectivity index (χ0n) is 12.9. The molecule has 1 aliphatic heterocycles. The second kappa shape index (κ2) is 6.88. The summed E-state index contributed by atoms with van der Waals surface area (Å²) in [5.74, 6) is -0.215. The number of carbonyl (C=O) groups excluding carboxylic acids is 2. The lowest BCUT2D eigenvalue weighted by Gasteiger charge is -2.34. The number of amides is 2. The van der Waals surface area contributed by atoms with Crippen molar-refractivity contribution in [3.05, 3.63) is 69.1 Å². The molecule has 7 heteroatoms. The van der Waals surface area contributed by atoms with E-state index in [0.717, 1.165) is 0 Å². The van der Waals surface area contributed by atoms with Crippen molar-refractivity contribution in [3.8, 4) is 0 Å². The van der Waals surface area contributed by atoms with Gasteiger partial charge in [0.2, 0.25) is 5.56 Å². The van der Waals surface area contributed by atoms with Gasteiger partial charge in [-0.2, -0.15) is 0 Å². The average molecular weight is 346 g/mol. The molecular weight excluding hydrogens is 330 g/mol. The third-order valence-corrected chi connectivity index (χ3v) is 4.23. The molecule has 0 bridgehead atoms. The van der Waals surface area contributed by atoms with Gasteiger partial charge in [-0.15, -0.1) is 0 Å². The molecule has 0 radical (unpaired) electrons. The van der Waals surface area contributed by atoms with Crippen LogP contribution in [0.2, 0.25) is 5.02 Å². The predicted octanol–water partition coefficient (Wildman–Crippen LogP) is 1.63. The van der Waals surface area contributed by atoms with Crippen LogP contribution in [-0.2, 0) is 0 Å². The fourth-order valence-corrected chi connectivity index (χ4v) is 2.74. The number of carbonyl (C=O) groups is 2. The van der Waals surface area contributed by atoms with Gasteiger partial charge in [0.1, 0.15) is 0 Å². The Morgan fingerprint density at radius 3 is 1.83 bits per heavy atom. The van der Waals surface area contributed by atoms with E-state index in [2.05, 4.69) is 4.98 Å². The summed E-state index contributed by atoms with van der Waals surface area (Å²) in [7, 11) is 0. The second-order valence-electron chi connectivity index (χ2n) is 5.53. The van der Waals surface area contributed by atoms with E-state index in [1.165, 1.54) is 18.3 Å². The number of hydrogen-bond acceptors (Lipinski definition) is 3. The summed E-state index contributed by atoms with van der Waals surface area (Å²) in [4.78, 5) is 41.8. The molecular formula is C17H16ClN3O3. The Kier molecular flexibility index (Phi) is 4.66. The molecule has 3 rings (SSSR count). The van der Waals surface area contributed by atoms with Crippen LogP contribution >= 0.6 is 11.6 Å². The van der Waals surface area contributed by atoms with Crippen molar-refractivity contribution < 1.29 is 9.59 Å². The Morgan fingerprint density at radius 2 is 1.33 bits per heavy atom. The summed E-state index contributed by atoms with van der Waals surface area (Å²) in [6.45, 7) is 1.85. The molecule has 1 fully saturated rings. The smallest absolute Gasteiger partial charge is 0.255 e. The van der Waals surface area contributed by atoms with Crippen LogP contribution in [0, 0.1) is 0 Å². The lowest BCUT2D eigenvalue weighted by atomic mass is 10.1. The van der Waals surface area contributed by atoms with E-state index in [1.807, 2.05) is 0 Å². The quantitative estimate of drug-likeness (QED) is 0.899. The summed E-state index contributed by atoms with van der Waals surface area (Å²) in [6, 6.07) is 9.60. The highest BCUT2D eigenvalue weighted by Gasteiger charge is 2.25. The standard InChI is InChI=1S/C17H16ClN3O3/c18-14-4-1-12(2-5-14)16(23)20-7-9-21(10-8-20)17(24)13-3-6-15(22)19-11-13/h1-6,11H,7-10H2,(H,19,22). The zero-order chi connectivity index (χ0) is 17.1. The van der Waals surface area contributed by atoms with E-state index in [1.54, 1.807) is 34.1 Å². The fraction of sp³-hybridized carbons (Fsp3) is 0.235. The van der Waals surface area contributed by atoms with Gasteiger partial charge >= 0.3 is 0 Å². The first kappa shape index (κ1) is 16.3. The molecule has 124 valence electrons. The minimum Gasteiger partial charge on any atom is -0.335 e. The number of halogens is 1. The number of rotatable bonds is 2. The molecule has 1 aliphatic rings. The lowest BCUT2D eigenvalue weighted by molar-refractivity contribution is 0.0535. The van der Waals surface area contributed by atoms with E-state index in [4.69, 9.17) is 11.6 Å². The minimum absolute atomic E-state index is 0.0668. The molecule has 2 amide bonds. The van der Waals surface area contributed by atoms with Crippen molar-refractivity contribution >= 4 is 23.4 Å². The molecule has 0 saturated carbocycles. The van der Waals surface area contributed by atoms with Crippen LogP contribution in [0.5, 0.6) is 0 Å². The van der Waals surface area contributed by atoms with Gasteiger partial charge in [0.15, 0.2) is 0 Å². The normalized spacial score (nSPS) is 14.5. The maximum absolute atomic E-state index is 12.4. The van der Waals surface area contributed by atoms with Crippen molar-refractivity contribution in [2.45, 2.75) is 0 Å². The molecule has 0 aliphatic carbocycles. The molecule has 2 heterocycles. The van der Waals surface area contributed by atoms with Gasteiger partial charge in [-0.3, -0.25) is 14.4 Å². The van der Waals surface area contributed by atoms with Crippen LogP contribution in [0.1, 0.15) is 20.7 Å². The topological polar surface area (TPSA) is 73.5 Å². The van der Waals surface area contributed by atoms with Crippen LogP contribution in [0.15, 0.2) is 47.4 Å². The lowest BCUT2D eigenvalue weighted by Crippen LogP contribution is -2.50. The molecule has 1 aromatic carbocycles. The summed E-state index contributed by atoms with van der Waals surface area (Å²) in [6.07, 6.45) is 1.41. The molecule has 0 spiro atoms. The minimum atomic E-state index is -0.245.